The van der Waals surface area contributed by atoms with Crippen molar-refractivity contribution in [2.24, 2.45) is 0 Å². The number of allylic oxidation sites excluding steroid dienone is 1. The number of carbonyl (C=O) groups excluding carboxylic acids is 1. The molecule has 0 saturated carbocycles. The predicted octanol–water partition coefficient (Wildman–Crippen LogP) is 3.60. The molecule has 0 saturated heterocycles. The summed E-state index contributed by atoms with van der Waals surface area (Å²) in [7, 11) is 0. The molecule has 2 N–H and O–H groups in total. The Morgan fingerprint density at radius 1 is 0.960 bits per heavy atom. The number of ketones is 1. The van der Waals surface area contributed by atoms with Crippen molar-refractivity contribution in [3.8, 4) is 0 Å². The van der Waals surface area contributed by atoms with E-state index in [4.69, 9.17) is 5.41 Å². The Labute approximate surface area is 143 Å². The molecule has 0 aliphatic heterocycles. The van der Waals surface area contributed by atoms with E-state index in [0.717, 1.165) is 0 Å². The van der Waals surface area contributed by atoms with Crippen molar-refractivity contribution >= 4 is 17.3 Å². The third kappa shape index (κ3) is 3.23. The summed E-state index contributed by atoms with van der Waals surface area (Å²) in [4.78, 5) is 13.0. The molecular weight excluding hydrogens is 318 g/mol. The molecule has 25 heavy (non-hydrogen) atoms. The summed E-state index contributed by atoms with van der Waals surface area (Å²) >= 11 is 0. The molecule has 0 aliphatic rings. The highest BCUT2D eigenvalue weighted by molar-refractivity contribution is 6.34. The molecule has 124 valence electrons. The molecule has 6 heteroatoms. The van der Waals surface area contributed by atoms with Crippen molar-refractivity contribution in [2.75, 3.05) is 0 Å². The summed E-state index contributed by atoms with van der Waals surface area (Å²) < 4.78 is 4.63. The molecule has 3 aromatic rings. The quantitative estimate of drug-likeness (QED) is 0.321. The number of aliphatic hydroxyl groups is 1. The molecule has 1 heterocycles. The number of benzene rings is 2. The molecule has 2 aromatic carbocycles. The Balaban J connectivity index is 2.17. The number of nitrogens with zero attached hydrogens (tertiary/aromatic N) is 2. The van der Waals surface area contributed by atoms with Crippen LogP contribution in [0.15, 0.2) is 70.9 Å². The molecule has 3 rings (SSSR count). The van der Waals surface area contributed by atoms with Crippen molar-refractivity contribution in [2.45, 2.75) is 6.92 Å². The summed E-state index contributed by atoms with van der Waals surface area (Å²) in [6.07, 6.45) is 0. The van der Waals surface area contributed by atoms with E-state index in [-0.39, 0.29) is 22.7 Å². The van der Waals surface area contributed by atoms with Crippen LogP contribution in [0.2, 0.25) is 0 Å². The first-order chi connectivity index (χ1) is 12.1. The second-order valence-electron chi connectivity index (χ2n) is 5.36. The van der Waals surface area contributed by atoms with Gasteiger partial charge in [0, 0.05) is 11.1 Å². The fraction of sp³-hybridized carbons (Fsp3) is 0.0526. The lowest BCUT2D eigenvalue weighted by Gasteiger charge is -2.11. The lowest BCUT2D eigenvalue weighted by atomic mass is 9.94. The summed E-state index contributed by atoms with van der Waals surface area (Å²) in [5, 5.41) is 26.4. The van der Waals surface area contributed by atoms with Gasteiger partial charge < -0.3 is 5.11 Å². The van der Waals surface area contributed by atoms with Gasteiger partial charge in [-0.25, -0.2) is 4.63 Å². The molecule has 0 bridgehead atoms. The third-order valence-corrected chi connectivity index (χ3v) is 3.69. The van der Waals surface area contributed by atoms with Gasteiger partial charge in [0.25, 0.3) is 0 Å². The van der Waals surface area contributed by atoms with Crippen LogP contribution < -0.4 is 0 Å². The van der Waals surface area contributed by atoms with E-state index in [1.54, 1.807) is 67.6 Å². The number of aliphatic hydroxyl groups excluding tert-OH is 1. The van der Waals surface area contributed by atoms with Gasteiger partial charge in [0.15, 0.2) is 11.5 Å². The fourth-order valence-corrected chi connectivity index (χ4v) is 2.39. The molecule has 0 aliphatic carbocycles. The van der Waals surface area contributed by atoms with Gasteiger partial charge in [-0.2, -0.15) is 0 Å². The SMILES string of the molecule is Cc1nonc1C(=N)C(C(=O)c1ccccc1)=C(O)c1ccccc1. The van der Waals surface area contributed by atoms with Crippen LogP contribution in [-0.4, -0.2) is 26.9 Å². The van der Waals surface area contributed by atoms with Crippen LogP contribution in [0.4, 0.5) is 0 Å². The maximum Gasteiger partial charge on any atom is 0.199 e. The number of aromatic nitrogens is 2. The van der Waals surface area contributed by atoms with E-state index in [2.05, 4.69) is 14.9 Å². The fourth-order valence-electron chi connectivity index (χ4n) is 2.39. The number of rotatable bonds is 5. The summed E-state index contributed by atoms with van der Waals surface area (Å²) in [6, 6.07) is 17.1. The molecule has 0 radical (unpaired) electrons. The van der Waals surface area contributed by atoms with Crippen molar-refractivity contribution in [1.29, 1.82) is 5.41 Å². The van der Waals surface area contributed by atoms with Crippen LogP contribution in [0.3, 0.4) is 0 Å². The Kier molecular flexibility index (Phi) is 4.52. The first kappa shape index (κ1) is 16.3. The maximum absolute atomic E-state index is 13.0. The van der Waals surface area contributed by atoms with Crippen LogP contribution in [0.1, 0.15) is 27.3 Å². The minimum absolute atomic E-state index is 0.113. The summed E-state index contributed by atoms with van der Waals surface area (Å²) in [6.45, 7) is 1.62. The van der Waals surface area contributed by atoms with Crippen LogP contribution in [-0.2, 0) is 0 Å². The van der Waals surface area contributed by atoms with Gasteiger partial charge in [0.05, 0.1) is 5.57 Å². The minimum atomic E-state index is -0.477. The highest BCUT2D eigenvalue weighted by atomic mass is 16.6. The van der Waals surface area contributed by atoms with E-state index >= 15 is 0 Å². The van der Waals surface area contributed by atoms with Gasteiger partial charge >= 0.3 is 0 Å². The molecule has 1 aromatic heterocycles. The number of hydrogen-bond acceptors (Lipinski definition) is 6. The van der Waals surface area contributed by atoms with Crippen molar-refractivity contribution in [1.82, 2.24) is 10.3 Å². The number of Topliss-reactive ketones (excluding diaryl/α,β-unsaturated/α-hetero) is 1. The van der Waals surface area contributed by atoms with E-state index in [9.17, 15) is 9.90 Å². The van der Waals surface area contributed by atoms with Crippen molar-refractivity contribution < 1.29 is 14.5 Å². The smallest absolute Gasteiger partial charge is 0.199 e. The van der Waals surface area contributed by atoms with Gasteiger partial charge in [0.1, 0.15) is 17.2 Å². The Bertz CT molecular complexity index is 944. The molecule has 0 unspecified atom stereocenters. The average molecular weight is 333 g/mol. The predicted molar refractivity (Wildman–Crippen MR) is 92.6 cm³/mol. The van der Waals surface area contributed by atoms with Crippen molar-refractivity contribution in [3.63, 3.8) is 0 Å². The van der Waals surface area contributed by atoms with Crippen LogP contribution in [0.5, 0.6) is 0 Å². The van der Waals surface area contributed by atoms with Gasteiger partial charge in [-0.1, -0.05) is 65.8 Å². The van der Waals surface area contributed by atoms with E-state index in [0.29, 0.717) is 16.8 Å². The van der Waals surface area contributed by atoms with Gasteiger partial charge in [-0.05, 0) is 12.1 Å². The minimum Gasteiger partial charge on any atom is -0.506 e. The largest absolute Gasteiger partial charge is 0.506 e. The van der Waals surface area contributed by atoms with E-state index in [1.165, 1.54) is 0 Å². The lowest BCUT2D eigenvalue weighted by molar-refractivity contribution is 0.103. The molecule has 0 atom stereocenters. The molecule has 6 nitrogen and oxygen atoms in total. The van der Waals surface area contributed by atoms with Gasteiger partial charge in [-0.3, -0.25) is 10.2 Å². The molecule has 0 amide bonds. The number of aryl methyl sites for hydroxylation is 1. The topological polar surface area (TPSA) is 100 Å². The second-order valence-corrected chi connectivity index (χ2v) is 5.36. The summed E-state index contributed by atoms with van der Waals surface area (Å²) in [5.74, 6) is -0.767. The zero-order valence-electron chi connectivity index (χ0n) is 13.4. The first-order valence-corrected chi connectivity index (χ1v) is 7.56. The number of carbonyl (C=O) groups is 1. The standard InChI is InChI=1S/C19H15N3O3/c1-12-17(22-25-21-12)16(20)15(18(23)13-8-4-2-5-9-13)19(24)14-10-6-3-7-11-14/h2-11,20,23H,1H3. The van der Waals surface area contributed by atoms with Crippen LogP contribution >= 0.6 is 0 Å². The Hall–Kier alpha value is -3.54. The van der Waals surface area contributed by atoms with Crippen molar-refractivity contribution in [3.05, 3.63) is 88.8 Å². The van der Waals surface area contributed by atoms with E-state index in [1.807, 2.05) is 0 Å². The Morgan fingerprint density at radius 2 is 1.52 bits per heavy atom. The highest BCUT2D eigenvalue weighted by Crippen LogP contribution is 2.23. The third-order valence-electron chi connectivity index (χ3n) is 3.69. The first-order valence-electron chi connectivity index (χ1n) is 7.56. The zero-order valence-corrected chi connectivity index (χ0v) is 13.4. The molecular formula is C19H15N3O3. The highest BCUT2D eigenvalue weighted by Gasteiger charge is 2.26. The normalized spacial score (nSPS) is 11.7. The zero-order chi connectivity index (χ0) is 17.8. The summed E-state index contributed by atoms with van der Waals surface area (Å²) in [5.41, 5.74) is 0.871. The number of hydrogen-bond donors (Lipinski definition) is 2. The maximum atomic E-state index is 13.0. The lowest BCUT2D eigenvalue weighted by Crippen LogP contribution is -2.17. The molecule has 0 spiro atoms. The second kappa shape index (κ2) is 6.92. The Morgan fingerprint density at radius 3 is 2.04 bits per heavy atom. The van der Waals surface area contributed by atoms with Crippen LogP contribution in [0, 0.1) is 12.3 Å². The monoisotopic (exact) mass is 333 g/mol. The van der Waals surface area contributed by atoms with Gasteiger partial charge in [-0.15, -0.1) is 0 Å². The van der Waals surface area contributed by atoms with Crippen LogP contribution in [0.25, 0.3) is 5.76 Å². The van der Waals surface area contributed by atoms with Gasteiger partial charge in [0.2, 0.25) is 0 Å². The van der Waals surface area contributed by atoms with E-state index < -0.39 is 5.78 Å². The number of nitrogens with one attached hydrogen (secondary N) is 1. The molecule has 0 fully saturated rings. The average Bonchev–Trinajstić information content (AvgIpc) is 3.09.